The molecule has 0 fully saturated rings. The minimum absolute atomic E-state index is 0.00584. The Kier molecular flexibility index (Phi) is 6.76. The Labute approximate surface area is 141 Å². The lowest BCUT2D eigenvalue weighted by molar-refractivity contribution is -0.123. The Hall–Kier alpha value is -2.20. The highest BCUT2D eigenvalue weighted by Crippen LogP contribution is 2.18. The molecule has 122 valence electrons. The van der Waals surface area contributed by atoms with Crippen LogP contribution in [-0.4, -0.2) is 26.2 Å². The molecule has 4 nitrogen and oxygen atoms in total. The first kappa shape index (κ1) is 17.2. The van der Waals surface area contributed by atoms with Crippen LogP contribution >= 0.6 is 11.6 Å². The van der Waals surface area contributed by atoms with Gasteiger partial charge in [-0.15, -0.1) is 0 Å². The SMILES string of the molecule is COc1cccc(OCC(=O)NCCCc2ccc(Cl)cc2)c1. The highest BCUT2D eigenvalue weighted by Gasteiger charge is 2.03. The summed E-state index contributed by atoms with van der Waals surface area (Å²) in [5, 5.41) is 3.57. The topological polar surface area (TPSA) is 47.6 Å². The largest absolute Gasteiger partial charge is 0.497 e. The average molecular weight is 334 g/mol. The number of benzene rings is 2. The van der Waals surface area contributed by atoms with Crippen LogP contribution in [0.15, 0.2) is 48.5 Å². The second-order valence-electron chi connectivity index (χ2n) is 5.05. The first-order chi connectivity index (χ1) is 11.2. The zero-order valence-electron chi connectivity index (χ0n) is 13.0. The predicted octanol–water partition coefficient (Wildman–Crippen LogP) is 3.48. The molecular formula is C18H20ClNO3. The van der Waals surface area contributed by atoms with Crippen molar-refractivity contribution in [3.8, 4) is 11.5 Å². The molecule has 0 radical (unpaired) electrons. The van der Waals surface area contributed by atoms with Gasteiger partial charge in [-0.1, -0.05) is 29.8 Å². The number of halogens is 1. The van der Waals surface area contributed by atoms with E-state index in [0.29, 0.717) is 18.0 Å². The third kappa shape index (κ3) is 6.20. The predicted molar refractivity (Wildman–Crippen MR) is 91.3 cm³/mol. The maximum Gasteiger partial charge on any atom is 0.257 e. The van der Waals surface area contributed by atoms with Gasteiger partial charge in [0, 0.05) is 17.6 Å². The Morgan fingerprint density at radius 2 is 1.87 bits per heavy atom. The fraction of sp³-hybridized carbons (Fsp3) is 0.278. The maximum atomic E-state index is 11.7. The first-order valence-electron chi connectivity index (χ1n) is 7.45. The molecule has 23 heavy (non-hydrogen) atoms. The molecule has 2 aromatic rings. The van der Waals surface area contributed by atoms with E-state index < -0.39 is 0 Å². The molecule has 0 atom stereocenters. The van der Waals surface area contributed by atoms with Crippen molar-refractivity contribution in [1.82, 2.24) is 5.32 Å². The lowest BCUT2D eigenvalue weighted by Crippen LogP contribution is -2.29. The first-order valence-corrected chi connectivity index (χ1v) is 7.83. The van der Waals surface area contributed by atoms with Gasteiger partial charge >= 0.3 is 0 Å². The Bertz CT molecular complexity index is 628. The minimum atomic E-state index is -0.135. The van der Waals surface area contributed by atoms with Crippen LogP contribution in [0.4, 0.5) is 0 Å². The van der Waals surface area contributed by atoms with Crippen LogP contribution in [0.3, 0.4) is 0 Å². The zero-order chi connectivity index (χ0) is 16.5. The number of ether oxygens (including phenoxy) is 2. The van der Waals surface area contributed by atoms with Crippen LogP contribution in [-0.2, 0) is 11.2 Å². The van der Waals surface area contributed by atoms with Crippen LogP contribution in [0.5, 0.6) is 11.5 Å². The van der Waals surface area contributed by atoms with Gasteiger partial charge in [0.1, 0.15) is 11.5 Å². The summed E-state index contributed by atoms with van der Waals surface area (Å²) in [5.74, 6) is 1.18. The number of hydrogen-bond acceptors (Lipinski definition) is 3. The number of hydrogen-bond donors (Lipinski definition) is 1. The quantitative estimate of drug-likeness (QED) is 0.752. The van der Waals surface area contributed by atoms with Crippen molar-refractivity contribution in [1.29, 1.82) is 0 Å². The van der Waals surface area contributed by atoms with Crippen LogP contribution in [0.25, 0.3) is 0 Å². The second-order valence-corrected chi connectivity index (χ2v) is 5.48. The standard InChI is InChI=1S/C18H20ClNO3/c1-22-16-5-2-6-17(12-16)23-13-18(21)20-11-3-4-14-7-9-15(19)10-8-14/h2,5-10,12H,3-4,11,13H2,1H3,(H,20,21). The molecular weight excluding hydrogens is 314 g/mol. The molecule has 2 aromatic carbocycles. The van der Waals surface area contributed by atoms with E-state index in [1.807, 2.05) is 36.4 Å². The summed E-state index contributed by atoms with van der Waals surface area (Å²) in [7, 11) is 1.59. The van der Waals surface area contributed by atoms with Gasteiger partial charge in [0.25, 0.3) is 5.91 Å². The molecule has 0 unspecified atom stereocenters. The molecule has 0 saturated heterocycles. The molecule has 0 bridgehead atoms. The van der Waals surface area contributed by atoms with Crippen LogP contribution < -0.4 is 14.8 Å². The van der Waals surface area contributed by atoms with Gasteiger partial charge in [-0.3, -0.25) is 4.79 Å². The fourth-order valence-corrected chi connectivity index (χ4v) is 2.19. The van der Waals surface area contributed by atoms with Gasteiger partial charge in [0.05, 0.1) is 7.11 Å². The number of methoxy groups -OCH3 is 1. The smallest absolute Gasteiger partial charge is 0.257 e. The summed E-state index contributed by atoms with van der Waals surface area (Å²) in [6.45, 7) is 0.608. The molecule has 0 spiro atoms. The van der Waals surface area contributed by atoms with Crippen molar-refractivity contribution in [2.45, 2.75) is 12.8 Å². The zero-order valence-corrected chi connectivity index (χ0v) is 13.8. The van der Waals surface area contributed by atoms with Gasteiger partial charge in [-0.25, -0.2) is 0 Å². The van der Waals surface area contributed by atoms with Gasteiger partial charge in [-0.2, -0.15) is 0 Å². The number of aryl methyl sites for hydroxylation is 1. The summed E-state index contributed by atoms with van der Waals surface area (Å²) < 4.78 is 10.5. The number of nitrogens with one attached hydrogen (secondary N) is 1. The Balaban J connectivity index is 1.64. The van der Waals surface area contributed by atoms with E-state index in [9.17, 15) is 4.79 Å². The summed E-state index contributed by atoms with van der Waals surface area (Å²) >= 11 is 5.84. The Morgan fingerprint density at radius 1 is 1.13 bits per heavy atom. The van der Waals surface area contributed by atoms with E-state index in [1.54, 1.807) is 19.2 Å². The van der Waals surface area contributed by atoms with E-state index in [-0.39, 0.29) is 12.5 Å². The Morgan fingerprint density at radius 3 is 2.61 bits per heavy atom. The summed E-state index contributed by atoms with van der Waals surface area (Å²) in [6.07, 6.45) is 1.76. The lowest BCUT2D eigenvalue weighted by atomic mass is 10.1. The monoisotopic (exact) mass is 333 g/mol. The molecule has 0 heterocycles. The molecule has 0 aliphatic carbocycles. The highest BCUT2D eigenvalue weighted by atomic mass is 35.5. The normalized spacial score (nSPS) is 10.2. The van der Waals surface area contributed by atoms with Gasteiger partial charge in [0.15, 0.2) is 6.61 Å². The highest BCUT2D eigenvalue weighted by molar-refractivity contribution is 6.30. The summed E-state index contributed by atoms with van der Waals surface area (Å²) in [4.78, 5) is 11.7. The van der Waals surface area contributed by atoms with Gasteiger partial charge in [0.2, 0.25) is 0 Å². The summed E-state index contributed by atoms with van der Waals surface area (Å²) in [5.41, 5.74) is 1.20. The number of carbonyl (C=O) groups is 1. The van der Waals surface area contributed by atoms with Crippen molar-refractivity contribution in [2.75, 3.05) is 20.3 Å². The summed E-state index contributed by atoms with van der Waals surface area (Å²) in [6, 6.07) is 14.9. The van der Waals surface area contributed by atoms with E-state index in [4.69, 9.17) is 21.1 Å². The number of carbonyl (C=O) groups excluding carboxylic acids is 1. The molecule has 2 rings (SSSR count). The maximum absolute atomic E-state index is 11.7. The van der Waals surface area contributed by atoms with Crippen molar-refractivity contribution in [3.63, 3.8) is 0 Å². The molecule has 1 amide bonds. The van der Waals surface area contributed by atoms with Gasteiger partial charge in [-0.05, 0) is 42.7 Å². The van der Waals surface area contributed by atoms with E-state index in [1.165, 1.54) is 5.56 Å². The van der Waals surface area contributed by atoms with Crippen LogP contribution in [0.2, 0.25) is 5.02 Å². The third-order valence-electron chi connectivity index (χ3n) is 3.29. The van der Waals surface area contributed by atoms with E-state index in [2.05, 4.69) is 5.32 Å². The van der Waals surface area contributed by atoms with Crippen molar-refractivity contribution in [3.05, 3.63) is 59.1 Å². The van der Waals surface area contributed by atoms with E-state index >= 15 is 0 Å². The second kappa shape index (κ2) is 9.06. The van der Waals surface area contributed by atoms with Crippen LogP contribution in [0, 0.1) is 0 Å². The minimum Gasteiger partial charge on any atom is -0.497 e. The molecule has 5 heteroatoms. The molecule has 0 aliphatic heterocycles. The molecule has 0 aliphatic rings. The fourth-order valence-electron chi connectivity index (χ4n) is 2.06. The third-order valence-corrected chi connectivity index (χ3v) is 3.54. The van der Waals surface area contributed by atoms with Crippen molar-refractivity contribution >= 4 is 17.5 Å². The lowest BCUT2D eigenvalue weighted by Gasteiger charge is -2.08. The van der Waals surface area contributed by atoms with Crippen molar-refractivity contribution in [2.24, 2.45) is 0 Å². The number of rotatable bonds is 8. The molecule has 0 saturated carbocycles. The van der Waals surface area contributed by atoms with E-state index in [0.717, 1.165) is 17.9 Å². The van der Waals surface area contributed by atoms with Crippen molar-refractivity contribution < 1.29 is 14.3 Å². The van der Waals surface area contributed by atoms with Crippen LogP contribution in [0.1, 0.15) is 12.0 Å². The molecule has 1 N–H and O–H groups in total. The average Bonchev–Trinajstić information content (AvgIpc) is 2.58. The number of amides is 1. The van der Waals surface area contributed by atoms with Gasteiger partial charge < -0.3 is 14.8 Å². The molecule has 0 aromatic heterocycles.